The third-order valence-electron chi connectivity index (χ3n) is 3.07. The molecule has 3 nitrogen and oxygen atoms in total. The van der Waals surface area contributed by atoms with Gasteiger partial charge in [-0.2, -0.15) is 0 Å². The molecule has 94 valence electrons. The summed E-state index contributed by atoms with van der Waals surface area (Å²) in [7, 11) is 1.90. The molecule has 1 aromatic carbocycles. The quantitative estimate of drug-likeness (QED) is 0.881. The predicted octanol–water partition coefficient (Wildman–Crippen LogP) is 3.15. The maximum absolute atomic E-state index is 12.1. The second-order valence-corrected chi connectivity index (χ2v) is 4.48. The molecule has 1 amide bonds. The van der Waals surface area contributed by atoms with Gasteiger partial charge in [0.25, 0.3) is 5.91 Å². The number of hydrogen-bond donors (Lipinski definition) is 1. The van der Waals surface area contributed by atoms with Crippen LogP contribution in [0.15, 0.2) is 36.7 Å². The number of carbonyl (C=O) groups excluding carboxylic acids is 1. The Bertz CT molecular complexity index is 570. The summed E-state index contributed by atoms with van der Waals surface area (Å²) < 4.78 is 1.87. The zero-order chi connectivity index (χ0) is 13.1. The molecule has 0 radical (unpaired) electrons. The summed E-state index contributed by atoms with van der Waals surface area (Å²) in [5.41, 5.74) is 3.88. The minimum atomic E-state index is -0.0559. The Morgan fingerprint density at radius 3 is 2.72 bits per heavy atom. The van der Waals surface area contributed by atoms with Gasteiger partial charge in [-0.1, -0.05) is 25.1 Å². The topological polar surface area (TPSA) is 34.0 Å². The normalized spacial score (nSPS) is 10.4. The van der Waals surface area contributed by atoms with Crippen molar-refractivity contribution in [2.24, 2.45) is 7.05 Å². The number of benzene rings is 1. The summed E-state index contributed by atoms with van der Waals surface area (Å²) in [6, 6.07) is 7.90. The molecule has 0 aliphatic carbocycles. The van der Waals surface area contributed by atoms with Crippen molar-refractivity contribution in [1.82, 2.24) is 4.57 Å². The minimum absolute atomic E-state index is 0.0559. The van der Waals surface area contributed by atoms with E-state index in [1.54, 1.807) is 0 Å². The second-order valence-electron chi connectivity index (χ2n) is 4.48. The van der Waals surface area contributed by atoms with E-state index in [-0.39, 0.29) is 5.91 Å². The zero-order valence-corrected chi connectivity index (χ0v) is 11.0. The van der Waals surface area contributed by atoms with Crippen LogP contribution in [0.2, 0.25) is 0 Å². The molecule has 2 aromatic rings. The molecule has 1 N–H and O–H groups in total. The van der Waals surface area contributed by atoms with E-state index in [0.29, 0.717) is 5.56 Å². The Morgan fingerprint density at radius 1 is 1.33 bits per heavy atom. The van der Waals surface area contributed by atoms with Gasteiger partial charge < -0.3 is 9.88 Å². The van der Waals surface area contributed by atoms with Gasteiger partial charge in [-0.05, 0) is 30.5 Å². The van der Waals surface area contributed by atoms with Crippen molar-refractivity contribution in [1.29, 1.82) is 0 Å². The number of hydrogen-bond acceptors (Lipinski definition) is 1. The van der Waals surface area contributed by atoms with Crippen LogP contribution < -0.4 is 5.32 Å². The summed E-state index contributed by atoms with van der Waals surface area (Å²) in [4.78, 5) is 12.1. The molecule has 0 unspecified atom stereocenters. The van der Waals surface area contributed by atoms with Gasteiger partial charge in [0.1, 0.15) is 0 Å². The fraction of sp³-hybridized carbons (Fsp3) is 0.267. The number of aromatic nitrogens is 1. The van der Waals surface area contributed by atoms with Crippen LogP contribution in [0.1, 0.15) is 28.4 Å². The largest absolute Gasteiger partial charge is 0.356 e. The lowest BCUT2D eigenvalue weighted by Gasteiger charge is -2.12. The zero-order valence-electron chi connectivity index (χ0n) is 11.0. The molecule has 0 bridgehead atoms. The molecular formula is C15H18N2O. The Morgan fingerprint density at radius 2 is 2.11 bits per heavy atom. The van der Waals surface area contributed by atoms with E-state index in [2.05, 4.69) is 12.2 Å². The van der Waals surface area contributed by atoms with Crippen molar-refractivity contribution in [2.45, 2.75) is 20.3 Å². The van der Waals surface area contributed by atoms with Gasteiger partial charge in [-0.25, -0.2) is 0 Å². The molecule has 0 fully saturated rings. The van der Waals surface area contributed by atoms with Gasteiger partial charge in [0, 0.05) is 25.1 Å². The third kappa shape index (κ3) is 2.45. The van der Waals surface area contributed by atoms with Gasteiger partial charge >= 0.3 is 0 Å². The highest BCUT2D eigenvalue weighted by atomic mass is 16.1. The first-order valence-electron chi connectivity index (χ1n) is 6.13. The molecule has 0 spiro atoms. The molecule has 1 heterocycles. The summed E-state index contributed by atoms with van der Waals surface area (Å²) >= 11 is 0. The van der Waals surface area contributed by atoms with Crippen LogP contribution in [-0.4, -0.2) is 10.5 Å². The number of para-hydroxylation sites is 1. The number of carbonyl (C=O) groups is 1. The summed E-state index contributed by atoms with van der Waals surface area (Å²) in [5.74, 6) is -0.0559. The molecule has 0 saturated heterocycles. The number of anilines is 1. The van der Waals surface area contributed by atoms with Crippen LogP contribution in [-0.2, 0) is 13.5 Å². The standard InChI is InChI=1S/C15H18N2O/c1-4-12-7-5-6-11(2)14(12)16-15(18)13-8-9-17(3)10-13/h5-10H,4H2,1-3H3,(H,16,18). The van der Waals surface area contributed by atoms with Crippen LogP contribution >= 0.6 is 0 Å². The lowest BCUT2D eigenvalue weighted by Crippen LogP contribution is -2.13. The Hall–Kier alpha value is -2.03. The summed E-state index contributed by atoms with van der Waals surface area (Å²) in [6.07, 6.45) is 4.60. The van der Waals surface area contributed by atoms with E-state index in [0.717, 1.165) is 17.7 Å². The fourth-order valence-electron chi connectivity index (χ4n) is 2.03. The number of nitrogens with zero attached hydrogens (tertiary/aromatic N) is 1. The fourth-order valence-corrected chi connectivity index (χ4v) is 2.03. The van der Waals surface area contributed by atoms with Crippen molar-refractivity contribution in [3.8, 4) is 0 Å². The highest BCUT2D eigenvalue weighted by Gasteiger charge is 2.11. The van der Waals surface area contributed by atoms with E-state index in [9.17, 15) is 4.79 Å². The van der Waals surface area contributed by atoms with Gasteiger partial charge in [0.2, 0.25) is 0 Å². The van der Waals surface area contributed by atoms with Crippen LogP contribution in [0, 0.1) is 6.92 Å². The number of nitrogens with one attached hydrogen (secondary N) is 1. The molecule has 18 heavy (non-hydrogen) atoms. The van der Waals surface area contributed by atoms with Gasteiger partial charge in [0.05, 0.1) is 5.56 Å². The van der Waals surface area contributed by atoms with E-state index in [1.165, 1.54) is 5.56 Å². The van der Waals surface area contributed by atoms with Crippen molar-refractivity contribution in [3.63, 3.8) is 0 Å². The van der Waals surface area contributed by atoms with Crippen LogP contribution in [0.3, 0.4) is 0 Å². The number of aryl methyl sites for hydroxylation is 3. The predicted molar refractivity (Wildman–Crippen MR) is 73.9 cm³/mol. The molecule has 0 aliphatic heterocycles. The van der Waals surface area contributed by atoms with E-state index in [4.69, 9.17) is 0 Å². The van der Waals surface area contributed by atoms with E-state index >= 15 is 0 Å². The van der Waals surface area contributed by atoms with Crippen molar-refractivity contribution in [3.05, 3.63) is 53.3 Å². The van der Waals surface area contributed by atoms with Crippen molar-refractivity contribution < 1.29 is 4.79 Å². The van der Waals surface area contributed by atoms with Gasteiger partial charge in [-0.15, -0.1) is 0 Å². The Balaban J connectivity index is 2.26. The molecular weight excluding hydrogens is 224 g/mol. The highest BCUT2D eigenvalue weighted by molar-refractivity contribution is 6.05. The summed E-state index contributed by atoms with van der Waals surface area (Å²) in [6.45, 7) is 4.10. The molecule has 3 heteroatoms. The molecule has 1 aromatic heterocycles. The third-order valence-corrected chi connectivity index (χ3v) is 3.07. The van der Waals surface area contributed by atoms with Crippen molar-refractivity contribution >= 4 is 11.6 Å². The molecule has 0 aliphatic rings. The van der Waals surface area contributed by atoms with E-state index in [1.807, 2.05) is 55.2 Å². The lowest BCUT2D eigenvalue weighted by atomic mass is 10.1. The molecule has 0 saturated carbocycles. The molecule has 2 rings (SSSR count). The first-order chi connectivity index (χ1) is 8.61. The Labute approximate surface area is 107 Å². The number of rotatable bonds is 3. The van der Waals surface area contributed by atoms with Gasteiger partial charge in [-0.3, -0.25) is 4.79 Å². The smallest absolute Gasteiger partial charge is 0.257 e. The average Bonchev–Trinajstić information content (AvgIpc) is 2.78. The minimum Gasteiger partial charge on any atom is -0.356 e. The van der Waals surface area contributed by atoms with E-state index < -0.39 is 0 Å². The second kappa shape index (κ2) is 5.08. The first kappa shape index (κ1) is 12.4. The summed E-state index contributed by atoms with van der Waals surface area (Å²) in [5, 5.41) is 3.01. The van der Waals surface area contributed by atoms with Gasteiger partial charge in [0.15, 0.2) is 0 Å². The monoisotopic (exact) mass is 242 g/mol. The SMILES string of the molecule is CCc1cccc(C)c1NC(=O)c1ccn(C)c1. The highest BCUT2D eigenvalue weighted by Crippen LogP contribution is 2.21. The molecule has 0 atom stereocenters. The average molecular weight is 242 g/mol. The lowest BCUT2D eigenvalue weighted by molar-refractivity contribution is 0.102. The van der Waals surface area contributed by atoms with Crippen LogP contribution in [0.5, 0.6) is 0 Å². The van der Waals surface area contributed by atoms with Crippen LogP contribution in [0.25, 0.3) is 0 Å². The Kier molecular flexibility index (Phi) is 3.51. The first-order valence-corrected chi connectivity index (χ1v) is 6.13. The number of amides is 1. The van der Waals surface area contributed by atoms with Crippen molar-refractivity contribution in [2.75, 3.05) is 5.32 Å². The van der Waals surface area contributed by atoms with Crippen LogP contribution in [0.4, 0.5) is 5.69 Å². The maximum Gasteiger partial charge on any atom is 0.257 e. The maximum atomic E-state index is 12.1.